The van der Waals surface area contributed by atoms with E-state index in [4.69, 9.17) is 4.74 Å². The second-order valence-corrected chi connectivity index (χ2v) is 7.29. The van der Waals surface area contributed by atoms with Crippen LogP contribution < -0.4 is 0 Å². The molecule has 20 heavy (non-hydrogen) atoms. The van der Waals surface area contributed by atoms with Gasteiger partial charge in [-0.1, -0.05) is 34.6 Å². The summed E-state index contributed by atoms with van der Waals surface area (Å²) in [6, 6.07) is 0. The largest absolute Gasteiger partial charge is 0.509 e. The summed E-state index contributed by atoms with van der Waals surface area (Å²) >= 11 is 0. The smallest absolute Gasteiger partial charge is 0.256 e. The molecule has 0 aliphatic carbocycles. The Bertz CT molecular complexity index is 463. The second-order valence-electron chi connectivity index (χ2n) is 7.29. The summed E-state index contributed by atoms with van der Waals surface area (Å²) in [6.07, 6.45) is -1.32. The van der Waals surface area contributed by atoms with Crippen LogP contribution in [-0.4, -0.2) is 45.5 Å². The maximum absolute atomic E-state index is 12.5. The summed E-state index contributed by atoms with van der Waals surface area (Å²) in [4.78, 5) is 14.0. The number of fused-ring (bicyclic) bond motifs is 1. The van der Waals surface area contributed by atoms with E-state index in [1.54, 1.807) is 11.8 Å². The number of ether oxygens (including phenoxy) is 1. The summed E-state index contributed by atoms with van der Waals surface area (Å²) < 4.78 is 5.80. The number of nitrogens with zero attached hydrogens (tertiary/aromatic N) is 1. The maximum atomic E-state index is 12.5. The molecule has 2 heterocycles. The van der Waals surface area contributed by atoms with Crippen molar-refractivity contribution < 1.29 is 19.7 Å². The summed E-state index contributed by atoms with van der Waals surface area (Å²) in [5, 5.41) is 21.1. The molecule has 2 aliphatic heterocycles. The molecule has 0 radical (unpaired) electrons. The minimum absolute atomic E-state index is 0.0459. The first-order valence-corrected chi connectivity index (χ1v) is 7.08. The van der Waals surface area contributed by atoms with E-state index < -0.39 is 17.9 Å². The van der Waals surface area contributed by atoms with E-state index in [0.29, 0.717) is 5.57 Å². The van der Waals surface area contributed by atoms with Crippen molar-refractivity contribution in [2.45, 2.75) is 59.4 Å². The van der Waals surface area contributed by atoms with Gasteiger partial charge < -0.3 is 14.9 Å². The molecule has 0 bridgehead atoms. The third-order valence-electron chi connectivity index (χ3n) is 4.29. The number of aliphatic hydroxyl groups excluding tert-OH is 2. The number of amides is 1. The van der Waals surface area contributed by atoms with Crippen LogP contribution in [0.15, 0.2) is 11.3 Å². The zero-order chi connectivity index (χ0) is 15.5. The molecule has 0 unspecified atom stereocenters. The second kappa shape index (κ2) is 4.46. The Morgan fingerprint density at radius 2 is 1.95 bits per heavy atom. The Morgan fingerprint density at radius 1 is 1.40 bits per heavy atom. The third-order valence-corrected chi connectivity index (χ3v) is 4.29. The van der Waals surface area contributed by atoms with Crippen molar-refractivity contribution in [3.63, 3.8) is 0 Å². The number of hydrogen-bond donors (Lipinski definition) is 2. The highest BCUT2D eigenvalue weighted by Gasteiger charge is 2.64. The van der Waals surface area contributed by atoms with E-state index in [1.165, 1.54) is 0 Å². The Hall–Kier alpha value is -1.07. The molecule has 0 saturated carbocycles. The van der Waals surface area contributed by atoms with Crippen LogP contribution in [0, 0.1) is 11.3 Å². The quantitative estimate of drug-likeness (QED) is 0.811. The van der Waals surface area contributed by atoms with Crippen LogP contribution in [0.25, 0.3) is 0 Å². The molecule has 0 aromatic carbocycles. The lowest BCUT2D eigenvalue weighted by molar-refractivity contribution is -0.144. The van der Waals surface area contributed by atoms with Crippen LogP contribution in [0.4, 0.5) is 0 Å². The van der Waals surface area contributed by atoms with Gasteiger partial charge in [0.15, 0.2) is 5.54 Å². The standard InChI is InChI=1S/C15H25NO4/c1-8(2)10(17)15-7-20-13(14(4,5)6)16(15)12(19)9(3)11(15)18/h8,10,13,17-18H,7H2,1-6H3/t10-,13-,15+/m1/s1. The first-order chi connectivity index (χ1) is 9.05. The van der Waals surface area contributed by atoms with Crippen LogP contribution in [0.1, 0.15) is 41.5 Å². The third kappa shape index (κ3) is 1.79. The fourth-order valence-corrected chi connectivity index (χ4v) is 3.19. The molecular weight excluding hydrogens is 258 g/mol. The molecular formula is C15H25NO4. The van der Waals surface area contributed by atoms with Gasteiger partial charge in [-0.25, -0.2) is 0 Å². The molecule has 1 amide bonds. The predicted molar refractivity (Wildman–Crippen MR) is 74.9 cm³/mol. The van der Waals surface area contributed by atoms with Gasteiger partial charge in [0.05, 0.1) is 18.3 Å². The first-order valence-electron chi connectivity index (χ1n) is 7.08. The van der Waals surface area contributed by atoms with Crippen LogP contribution in [-0.2, 0) is 9.53 Å². The minimum Gasteiger partial charge on any atom is -0.509 e. The Morgan fingerprint density at radius 3 is 2.40 bits per heavy atom. The van der Waals surface area contributed by atoms with Crippen molar-refractivity contribution in [3.05, 3.63) is 11.3 Å². The van der Waals surface area contributed by atoms with Gasteiger partial charge in [0.25, 0.3) is 5.91 Å². The fourth-order valence-electron chi connectivity index (χ4n) is 3.19. The van der Waals surface area contributed by atoms with Gasteiger partial charge in [-0.2, -0.15) is 0 Å². The summed E-state index contributed by atoms with van der Waals surface area (Å²) in [5.74, 6) is -0.393. The van der Waals surface area contributed by atoms with E-state index in [1.807, 2.05) is 34.6 Å². The lowest BCUT2D eigenvalue weighted by atomic mass is 9.83. The molecule has 2 rings (SSSR count). The Labute approximate surface area is 120 Å². The average Bonchev–Trinajstić information content (AvgIpc) is 2.82. The van der Waals surface area contributed by atoms with E-state index >= 15 is 0 Å². The van der Waals surface area contributed by atoms with Crippen molar-refractivity contribution in [1.82, 2.24) is 4.90 Å². The maximum Gasteiger partial charge on any atom is 0.256 e. The molecule has 0 aromatic rings. The minimum atomic E-state index is -1.13. The Balaban J connectivity index is 2.55. The van der Waals surface area contributed by atoms with Crippen LogP contribution in [0.2, 0.25) is 0 Å². The van der Waals surface area contributed by atoms with Gasteiger partial charge in [-0.15, -0.1) is 0 Å². The summed E-state index contributed by atoms with van der Waals surface area (Å²) in [6.45, 7) is 11.4. The van der Waals surface area contributed by atoms with Gasteiger partial charge in [0.2, 0.25) is 0 Å². The van der Waals surface area contributed by atoms with Gasteiger partial charge in [0, 0.05) is 5.41 Å². The molecule has 5 heteroatoms. The SMILES string of the molecule is CC1=C(O)[C@@]2([C@H](O)C(C)C)CO[C@H](C(C)(C)C)N2C1=O. The van der Waals surface area contributed by atoms with Crippen LogP contribution >= 0.6 is 0 Å². The zero-order valence-electron chi connectivity index (χ0n) is 13.1. The molecule has 0 spiro atoms. The fraction of sp³-hybridized carbons (Fsp3) is 0.800. The average molecular weight is 283 g/mol. The van der Waals surface area contributed by atoms with Crippen molar-refractivity contribution >= 4 is 5.91 Å². The van der Waals surface area contributed by atoms with Crippen molar-refractivity contribution in [2.75, 3.05) is 6.61 Å². The van der Waals surface area contributed by atoms with Crippen LogP contribution in [0.3, 0.4) is 0 Å². The molecule has 2 N–H and O–H groups in total. The topological polar surface area (TPSA) is 70.0 Å². The highest BCUT2D eigenvalue weighted by atomic mass is 16.5. The number of hydrogen-bond acceptors (Lipinski definition) is 4. The van der Waals surface area contributed by atoms with Crippen LogP contribution in [0.5, 0.6) is 0 Å². The number of aliphatic hydroxyl groups is 2. The summed E-state index contributed by atoms with van der Waals surface area (Å²) in [5.41, 5.74) is -1.12. The lowest BCUT2D eigenvalue weighted by Crippen LogP contribution is -2.59. The van der Waals surface area contributed by atoms with Gasteiger partial charge >= 0.3 is 0 Å². The normalized spacial score (nSPS) is 32.3. The lowest BCUT2D eigenvalue weighted by Gasteiger charge is -2.41. The highest BCUT2D eigenvalue weighted by molar-refractivity contribution is 5.98. The van der Waals surface area contributed by atoms with E-state index in [0.717, 1.165) is 0 Å². The first kappa shape index (κ1) is 15.3. The highest BCUT2D eigenvalue weighted by Crippen LogP contribution is 2.48. The molecule has 1 saturated heterocycles. The molecule has 1 fully saturated rings. The van der Waals surface area contributed by atoms with Gasteiger partial charge in [-0.3, -0.25) is 9.69 Å². The van der Waals surface area contributed by atoms with Gasteiger partial charge in [-0.05, 0) is 12.8 Å². The van der Waals surface area contributed by atoms with E-state index in [2.05, 4.69) is 0 Å². The number of rotatable bonds is 2. The zero-order valence-corrected chi connectivity index (χ0v) is 13.1. The van der Waals surface area contributed by atoms with Crippen molar-refractivity contribution in [1.29, 1.82) is 0 Å². The summed E-state index contributed by atoms with van der Waals surface area (Å²) in [7, 11) is 0. The monoisotopic (exact) mass is 283 g/mol. The van der Waals surface area contributed by atoms with Crippen molar-refractivity contribution in [3.8, 4) is 0 Å². The molecule has 2 aliphatic rings. The molecule has 3 atom stereocenters. The predicted octanol–water partition coefficient (Wildman–Crippen LogP) is 1.82. The van der Waals surface area contributed by atoms with E-state index in [9.17, 15) is 15.0 Å². The molecule has 0 aromatic heterocycles. The van der Waals surface area contributed by atoms with E-state index in [-0.39, 0.29) is 29.6 Å². The van der Waals surface area contributed by atoms with Gasteiger partial charge in [0.1, 0.15) is 12.0 Å². The van der Waals surface area contributed by atoms with Crippen molar-refractivity contribution in [2.24, 2.45) is 11.3 Å². The number of carbonyl (C=O) groups excluding carboxylic acids is 1. The molecule has 5 nitrogen and oxygen atoms in total. The number of carbonyl (C=O) groups is 1. The Kier molecular flexibility index (Phi) is 3.42. The molecule has 114 valence electrons.